The van der Waals surface area contributed by atoms with Gasteiger partial charge in [0.2, 0.25) is 0 Å². The van der Waals surface area contributed by atoms with Gasteiger partial charge in [0, 0.05) is 41.2 Å². The van der Waals surface area contributed by atoms with E-state index in [2.05, 4.69) is 37.4 Å². The molecule has 1 fully saturated rings. The normalized spacial score (nSPS) is 17.7. The molecular weight excluding hydrogens is 424 g/mol. The summed E-state index contributed by atoms with van der Waals surface area (Å²) >= 11 is 0. The summed E-state index contributed by atoms with van der Waals surface area (Å²) in [6, 6.07) is 14.0. The highest BCUT2D eigenvalue weighted by molar-refractivity contribution is 7.74. The zero-order valence-corrected chi connectivity index (χ0v) is 18.8. The van der Waals surface area contributed by atoms with Crippen LogP contribution in [-0.4, -0.2) is 56.4 Å². The highest BCUT2D eigenvalue weighted by atomic mass is 32.2. The molecule has 1 N–H and O–H groups in total. The number of hydrogen-bond acceptors (Lipinski definition) is 7. The van der Waals surface area contributed by atoms with Crippen LogP contribution in [0.25, 0.3) is 33.4 Å². The maximum atomic E-state index is 11.7. The Morgan fingerprint density at radius 3 is 2.91 bits per heavy atom. The molecule has 1 aliphatic heterocycles. The van der Waals surface area contributed by atoms with Gasteiger partial charge in [-0.3, -0.25) is 14.3 Å². The number of aromatic amines is 1. The van der Waals surface area contributed by atoms with Gasteiger partial charge in [-0.15, -0.1) is 0 Å². The molecule has 2 atom stereocenters. The van der Waals surface area contributed by atoms with Crippen molar-refractivity contribution in [1.29, 1.82) is 0 Å². The summed E-state index contributed by atoms with van der Waals surface area (Å²) in [4.78, 5) is 11.9. The molecule has 0 spiro atoms. The summed E-state index contributed by atoms with van der Waals surface area (Å²) in [7, 11) is -1.63. The number of pyridine rings is 2. The Morgan fingerprint density at radius 2 is 2.12 bits per heavy atom. The second-order valence-corrected chi connectivity index (χ2v) is 8.91. The van der Waals surface area contributed by atoms with Crippen molar-refractivity contribution in [2.45, 2.75) is 13.0 Å². The molecular formula is C23H24N6O2S. The van der Waals surface area contributed by atoms with Crippen LogP contribution in [0.15, 0.2) is 59.2 Å². The van der Waals surface area contributed by atoms with Crippen molar-refractivity contribution in [3.63, 3.8) is 0 Å². The third-order valence-electron chi connectivity index (χ3n) is 5.55. The van der Waals surface area contributed by atoms with Crippen molar-refractivity contribution in [2.24, 2.45) is 4.36 Å². The van der Waals surface area contributed by atoms with E-state index < -0.39 is 10.6 Å². The standard InChI is InChI=1S/C23H24N6O2S/c1-15-14-31-11-10-29(15)21-13-19(16-4-3-5-17(12-16)28-32(2)30)18-6-8-24-23(22(18)26-21)20-7-9-25-27-20/h3-9,12-13,15,32H,10-11,14H2,1-2H3,(H,25,27)/t15-/m1/s1. The van der Waals surface area contributed by atoms with Crippen LogP contribution in [0.4, 0.5) is 11.5 Å². The van der Waals surface area contributed by atoms with E-state index in [1.165, 1.54) is 0 Å². The minimum absolute atomic E-state index is 0.208. The van der Waals surface area contributed by atoms with Crippen LogP contribution in [0.5, 0.6) is 0 Å². The Morgan fingerprint density at radius 1 is 1.22 bits per heavy atom. The molecule has 0 radical (unpaired) electrons. The lowest BCUT2D eigenvalue weighted by Gasteiger charge is -2.34. The van der Waals surface area contributed by atoms with E-state index in [4.69, 9.17) is 9.72 Å². The summed E-state index contributed by atoms with van der Waals surface area (Å²) in [5.74, 6) is 0.876. The van der Waals surface area contributed by atoms with Crippen molar-refractivity contribution in [1.82, 2.24) is 20.2 Å². The second kappa shape index (κ2) is 8.68. The zero-order chi connectivity index (χ0) is 22.1. The Balaban J connectivity index is 1.77. The first kappa shape index (κ1) is 20.6. The van der Waals surface area contributed by atoms with Gasteiger partial charge in [-0.05, 0) is 48.4 Å². The number of H-pyrrole nitrogens is 1. The van der Waals surface area contributed by atoms with Crippen LogP contribution in [-0.2, 0) is 15.3 Å². The summed E-state index contributed by atoms with van der Waals surface area (Å²) in [6.07, 6.45) is 5.10. The first-order valence-electron chi connectivity index (χ1n) is 10.5. The first-order chi connectivity index (χ1) is 15.6. The monoisotopic (exact) mass is 448 g/mol. The van der Waals surface area contributed by atoms with E-state index >= 15 is 0 Å². The molecule has 164 valence electrons. The van der Waals surface area contributed by atoms with E-state index in [1.807, 2.05) is 36.4 Å². The van der Waals surface area contributed by atoms with Gasteiger partial charge < -0.3 is 9.64 Å². The zero-order valence-electron chi connectivity index (χ0n) is 17.9. The van der Waals surface area contributed by atoms with Crippen LogP contribution in [0.3, 0.4) is 0 Å². The molecule has 4 aromatic rings. The molecule has 32 heavy (non-hydrogen) atoms. The van der Waals surface area contributed by atoms with Gasteiger partial charge >= 0.3 is 0 Å². The summed E-state index contributed by atoms with van der Waals surface area (Å²) in [6.45, 7) is 4.23. The number of ether oxygens (including phenoxy) is 1. The Bertz CT molecular complexity index is 1350. The van der Waals surface area contributed by atoms with E-state index in [0.717, 1.165) is 45.8 Å². The van der Waals surface area contributed by atoms with E-state index in [-0.39, 0.29) is 6.04 Å². The number of fused-ring (bicyclic) bond motifs is 1. The lowest BCUT2D eigenvalue weighted by molar-refractivity contribution is 0.0986. The van der Waals surface area contributed by atoms with Crippen molar-refractivity contribution < 1.29 is 8.95 Å². The Kier molecular flexibility index (Phi) is 5.59. The number of aromatic nitrogens is 4. The third-order valence-corrected chi connectivity index (χ3v) is 6.06. The number of hydrogen-bond donors (Lipinski definition) is 2. The Hall–Kier alpha value is -3.30. The number of benzene rings is 1. The topological polar surface area (TPSA) is 96.4 Å². The molecule has 0 bridgehead atoms. The van der Waals surface area contributed by atoms with Crippen molar-refractivity contribution in [3.8, 4) is 22.5 Å². The predicted octanol–water partition coefficient (Wildman–Crippen LogP) is 3.84. The molecule has 1 saturated heterocycles. The lowest BCUT2D eigenvalue weighted by Crippen LogP contribution is -2.44. The van der Waals surface area contributed by atoms with Crippen LogP contribution in [0.2, 0.25) is 0 Å². The maximum absolute atomic E-state index is 11.7. The maximum Gasteiger partial charge on any atom is 0.130 e. The molecule has 1 unspecified atom stereocenters. The number of nitrogens with one attached hydrogen (secondary N) is 1. The van der Waals surface area contributed by atoms with Gasteiger partial charge in [0.15, 0.2) is 0 Å². The average molecular weight is 449 g/mol. The average Bonchev–Trinajstić information content (AvgIpc) is 3.33. The smallest absolute Gasteiger partial charge is 0.130 e. The van der Waals surface area contributed by atoms with Crippen molar-refractivity contribution in [3.05, 3.63) is 54.9 Å². The van der Waals surface area contributed by atoms with Crippen LogP contribution in [0, 0.1) is 0 Å². The first-order valence-corrected chi connectivity index (χ1v) is 12.1. The molecule has 3 aromatic heterocycles. The van der Waals surface area contributed by atoms with Gasteiger partial charge in [0.1, 0.15) is 17.0 Å². The van der Waals surface area contributed by atoms with Crippen LogP contribution in [0.1, 0.15) is 6.92 Å². The number of anilines is 1. The van der Waals surface area contributed by atoms with Gasteiger partial charge in [-0.1, -0.05) is 12.1 Å². The minimum Gasteiger partial charge on any atom is -0.377 e. The molecule has 1 aliphatic rings. The number of rotatable bonds is 4. The fourth-order valence-electron chi connectivity index (χ4n) is 4.07. The molecule has 5 rings (SSSR count). The number of morpholine rings is 1. The van der Waals surface area contributed by atoms with Gasteiger partial charge in [-0.2, -0.15) is 5.10 Å². The molecule has 0 amide bonds. The molecule has 4 heterocycles. The summed E-state index contributed by atoms with van der Waals surface area (Å²) < 4.78 is 21.6. The molecule has 0 saturated carbocycles. The lowest BCUT2D eigenvalue weighted by atomic mass is 9.99. The van der Waals surface area contributed by atoms with Gasteiger partial charge in [0.05, 0.1) is 30.6 Å². The SMILES string of the molecule is C[C@@H]1COCCN1c1cc(-c2cccc(/N=[SH](/C)=O)c2)c2ccnc(-c3ccn[nH]3)c2n1. The van der Waals surface area contributed by atoms with Crippen LogP contribution < -0.4 is 4.90 Å². The predicted molar refractivity (Wildman–Crippen MR) is 128 cm³/mol. The quantitative estimate of drug-likeness (QED) is 0.461. The number of thiol groups is 1. The molecule has 0 aliphatic carbocycles. The van der Waals surface area contributed by atoms with Crippen LogP contribution >= 0.6 is 0 Å². The van der Waals surface area contributed by atoms with Crippen molar-refractivity contribution >= 4 is 33.0 Å². The minimum atomic E-state index is -1.63. The molecule has 8 nitrogen and oxygen atoms in total. The van der Waals surface area contributed by atoms with Gasteiger partial charge in [0.25, 0.3) is 0 Å². The van der Waals surface area contributed by atoms with E-state index in [1.54, 1.807) is 18.6 Å². The fraction of sp³-hybridized carbons (Fsp3) is 0.261. The van der Waals surface area contributed by atoms with Crippen molar-refractivity contribution in [2.75, 3.05) is 30.9 Å². The van der Waals surface area contributed by atoms with E-state index in [0.29, 0.717) is 18.9 Å². The molecule has 9 heteroatoms. The summed E-state index contributed by atoms with van der Waals surface area (Å²) in [5, 5.41) is 8.08. The largest absolute Gasteiger partial charge is 0.377 e. The third kappa shape index (κ3) is 3.96. The Labute approximate surface area is 187 Å². The summed E-state index contributed by atoms with van der Waals surface area (Å²) in [5.41, 5.74) is 5.07. The second-order valence-electron chi connectivity index (χ2n) is 7.79. The fourth-order valence-corrected chi connectivity index (χ4v) is 4.52. The highest BCUT2D eigenvalue weighted by Crippen LogP contribution is 2.36. The molecule has 1 aromatic carbocycles. The van der Waals surface area contributed by atoms with Gasteiger partial charge in [-0.25, -0.2) is 9.35 Å². The van der Waals surface area contributed by atoms with E-state index in [9.17, 15) is 4.21 Å². The highest BCUT2D eigenvalue weighted by Gasteiger charge is 2.23. The number of nitrogens with zero attached hydrogens (tertiary/aromatic N) is 5.